The lowest BCUT2D eigenvalue weighted by Gasteiger charge is -2.13. The molecule has 0 spiro atoms. The van der Waals surface area contributed by atoms with Crippen molar-refractivity contribution in [2.45, 2.75) is 19.8 Å². The van der Waals surface area contributed by atoms with Gasteiger partial charge in [-0.3, -0.25) is 0 Å². The van der Waals surface area contributed by atoms with Crippen LogP contribution in [0.5, 0.6) is 5.75 Å². The van der Waals surface area contributed by atoms with E-state index in [1.807, 2.05) is 6.92 Å². The van der Waals surface area contributed by atoms with E-state index in [1.54, 1.807) is 6.07 Å². The largest absolute Gasteiger partial charge is 0.573 e. The van der Waals surface area contributed by atoms with E-state index in [2.05, 4.69) is 20.4 Å². The summed E-state index contributed by atoms with van der Waals surface area (Å²) in [4.78, 5) is 4.15. The number of hydrogen-bond donors (Lipinski definition) is 2. The number of guanidine groups is 1. The summed E-state index contributed by atoms with van der Waals surface area (Å²) in [5.74, 6) is -0.0887. The number of ether oxygens (including phenoxy) is 1. The molecule has 0 heterocycles. The Morgan fingerprint density at radius 1 is 1.25 bits per heavy atom. The van der Waals surface area contributed by atoms with Crippen molar-refractivity contribution in [3.05, 3.63) is 29.8 Å². The highest BCUT2D eigenvalue weighted by Gasteiger charge is 2.31. The summed E-state index contributed by atoms with van der Waals surface area (Å²) in [7, 11) is -3.12. The summed E-state index contributed by atoms with van der Waals surface area (Å²) in [6.07, 6.45) is -3.67. The van der Waals surface area contributed by atoms with Crippen LogP contribution >= 0.6 is 0 Å². The van der Waals surface area contributed by atoms with E-state index < -0.39 is 16.2 Å². The van der Waals surface area contributed by atoms with Crippen LogP contribution in [0.15, 0.2) is 29.3 Å². The minimum absolute atomic E-state index is 0.0551. The summed E-state index contributed by atoms with van der Waals surface area (Å²) in [5, 5.41) is 5.70. The van der Waals surface area contributed by atoms with Crippen molar-refractivity contribution in [3.63, 3.8) is 0 Å². The average Bonchev–Trinajstić information content (AvgIpc) is 2.43. The molecule has 2 N–H and O–H groups in total. The molecule has 0 aliphatic carbocycles. The van der Waals surface area contributed by atoms with Crippen LogP contribution in [0.3, 0.4) is 0 Å². The molecule has 0 aliphatic heterocycles. The Balaban J connectivity index is 2.79. The molecule has 10 heteroatoms. The zero-order valence-corrected chi connectivity index (χ0v) is 14.2. The highest BCUT2D eigenvalue weighted by atomic mass is 32.2. The number of rotatable bonds is 7. The van der Waals surface area contributed by atoms with Gasteiger partial charge in [0.25, 0.3) is 0 Å². The summed E-state index contributed by atoms with van der Waals surface area (Å²) in [5.41, 5.74) is 0.259. The summed E-state index contributed by atoms with van der Waals surface area (Å²) < 4.78 is 63.3. The average molecular weight is 367 g/mol. The molecular weight excluding hydrogens is 347 g/mol. The third kappa shape index (κ3) is 8.61. The van der Waals surface area contributed by atoms with Gasteiger partial charge in [0.05, 0.1) is 12.3 Å². The first kappa shape index (κ1) is 20.1. The number of nitrogens with zero attached hydrogens (tertiary/aromatic N) is 1. The molecule has 0 amide bonds. The van der Waals surface area contributed by atoms with Crippen LogP contribution in [-0.2, 0) is 16.4 Å². The van der Waals surface area contributed by atoms with Crippen molar-refractivity contribution in [3.8, 4) is 5.75 Å². The maximum absolute atomic E-state index is 12.4. The molecule has 0 bridgehead atoms. The Hall–Kier alpha value is -1.97. The van der Waals surface area contributed by atoms with Crippen LogP contribution in [-0.4, -0.2) is 45.8 Å². The normalized spacial score (nSPS) is 12.8. The Morgan fingerprint density at radius 2 is 1.92 bits per heavy atom. The van der Waals surface area contributed by atoms with Gasteiger partial charge in [0.1, 0.15) is 15.6 Å². The van der Waals surface area contributed by atoms with Crippen molar-refractivity contribution in [2.75, 3.05) is 25.1 Å². The first-order chi connectivity index (χ1) is 11.1. The van der Waals surface area contributed by atoms with E-state index in [9.17, 15) is 21.6 Å². The quantitative estimate of drug-likeness (QED) is 0.566. The molecule has 0 radical (unpaired) electrons. The second-order valence-electron chi connectivity index (χ2n) is 4.91. The molecule has 0 saturated heterocycles. The van der Waals surface area contributed by atoms with Gasteiger partial charge in [-0.2, -0.15) is 0 Å². The van der Waals surface area contributed by atoms with Crippen molar-refractivity contribution in [1.82, 2.24) is 10.6 Å². The van der Waals surface area contributed by atoms with Gasteiger partial charge in [0.2, 0.25) is 0 Å². The maximum Gasteiger partial charge on any atom is 0.573 e. The molecule has 0 saturated carbocycles. The standard InChI is InChI=1S/C14H20F3N3O3S/c1-3-18-13(19-8-9-24(2,21)22)20-10-11-6-4-5-7-12(11)23-14(15,16)17/h4-7H,3,8-10H2,1-2H3,(H2,18,19,20). The van der Waals surface area contributed by atoms with Crippen LogP contribution in [0, 0.1) is 0 Å². The van der Waals surface area contributed by atoms with Crippen molar-refractivity contribution < 1.29 is 26.3 Å². The zero-order valence-electron chi connectivity index (χ0n) is 13.4. The minimum atomic E-state index is -4.78. The number of aliphatic imine (C=N–C) groups is 1. The number of halogens is 3. The third-order valence-electron chi connectivity index (χ3n) is 2.72. The van der Waals surface area contributed by atoms with E-state index >= 15 is 0 Å². The topological polar surface area (TPSA) is 79.8 Å². The van der Waals surface area contributed by atoms with Gasteiger partial charge >= 0.3 is 6.36 Å². The first-order valence-electron chi connectivity index (χ1n) is 7.14. The van der Waals surface area contributed by atoms with Crippen LogP contribution in [0.1, 0.15) is 12.5 Å². The van der Waals surface area contributed by atoms with Gasteiger partial charge < -0.3 is 15.4 Å². The lowest BCUT2D eigenvalue weighted by molar-refractivity contribution is -0.274. The molecular formula is C14H20F3N3O3S. The highest BCUT2D eigenvalue weighted by Crippen LogP contribution is 2.26. The molecule has 0 fully saturated rings. The molecule has 0 aliphatic rings. The number of sulfone groups is 1. The molecule has 0 aromatic heterocycles. The van der Waals surface area contributed by atoms with Crippen molar-refractivity contribution in [1.29, 1.82) is 0 Å². The summed E-state index contributed by atoms with van der Waals surface area (Å²) >= 11 is 0. The lowest BCUT2D eigenvalue weighted by atomic mass is 10.2. The smallest absolute Gasteiger partial charge is 0.405 e. The Labute approximate surface area is 139 Å². The third-order valence-corrected chi connectivity index (χ3v) is 3.66. The van der Waals surface area contributed by atoms with Gasteiger partial charge in [0, 0.05) is 24.9 Å². The van der Waals surface area contributed by atoms with Crippen molar-refractivity contribution >= 4 is 15.8 Å². The Bertz CT molecular complexity index is 661. The van der Waals surface area contributed by atoms with Crippen LogP contribution in [0.2, 0.25) is 0 Å². The van der Waals surface area contributed by atoms with E-state index in [-0.39, 0.29) is 30.2 Å². The molecule has 24 heavy (non-hydrogen) atoms. The predicted octanol–water partition coefficient (Wildman–Crippen LogP) is 1.68. The molecule has 6 nitrogen and oxygen atoms in total. The predicted molar refractivity (Wildman–Crippen MR) is 85.7 cm³/mol. The molecule has 136 valence electrons. The van der Waals surface area contributed by atoms with Gasteiger partial charge in [0.15, 0.2) is 5.96 Å². The van der Waals surface area contributed by atoms with E-state index in [0.717, 1.165) is 6.26 Å². The first-order valence-corrected chi connectivity index (χ1v) is 9.20. The maximum atomic E-state index is 12.4. The van der Waals surface area contributed by atoms with Gasteiger partial charge in [-0.05, 0) is 13.0 Å². The summed E-state index contributed by atoms with van der Waals surface area (Å²) in [6, 6.07) is 5.70. The molecule has 1 aromatic carbocycles. The fourth-order valence-corrected chi connectivity index (χ4v) is 2.19. The Morgan fingerprint density at radius 3 is 2.50 bits per heavy atom. The fraction of sp³-hybridized carbons (Fsp3) is 0.500. The van der Waals surface area contributed by atoms with Crippen LogP contribution in [0.25, 0.3) is 0 Å². The van der Waals surface area contributed by atoms with Crippen LogP contribution in [0.4, 0.5) is 13.2 Å². The number of hydrogen-bond acceptors (Lipinski definition) is 4. The zero-order chi connectivity index (χ0) is 18.2. The second kappa shape index (κ2) is 8.76. The monoisotopic (exact) mass is 367 g/mol. The lowest BCUT2D eigenvalue weighted by Crippen LogP contribution is -2.39. The number of alkyl halides is 3. The number of nitrogens with one attached hydrogen (secondary N) is 2. The molecule has 0 unspecified atom stereocenters. The highest BCUT2D eigenvalue weighted by molar-refractivity contribution is 7.90. The molecule has 1 rings (SSSR count). The van der Waals surface area contributed by atoms with Crippen LogP contribution < -0.4 is 15.4 Å². The molecule has 0 atom stereocenters. The van der Waals surface area contributed by atoms with Gasteiger partial charge in [-0.15, -0.1) is 13.2 Å². The minimum Gasteiger partial charge on any atom is -0.405 e. The number of para-hydroxylation sites is 1. The SMILES string of the molecule is CCNC(=NCc1ccccc1OC(F)(F)F)NCCS(C)(=O)=O. The van der Waals surface area contributed by atoms with E-state index in [1.165, 1.54) is 18.2 Å². The summed E-state index contributed by atoms with van der Waals surface area (Å²) in [6.45, 7) is 2.42. The van der Waals surface area contributed by atoms with Gasteiger partial charge in [-0.25, -0.2) is 13.4 Å². The van der Waals surface area contributed by atoms with Gasteiger partial charge in [-0.1, -0.05) is 18.2 Å². The number of benzene rings is 1. The fourth-order valence-electron chi connectivity index (χ4n) is 1.72. The van der Waals surface area contributed by atoms with E-state index in [0.29, 0.717) is 12.5 Å². The second-order valence-corrected chi connectivity index (χ2v) is 7.17. The molecule has 1 aromatic rings. The Kier molecular flexibility index (Phi) is 7.33. The van der Waals surface area contributed by atoms with E-state index in [4.69, 9.17) is 0 Å². The van der Waals surface area contributed by atoms with Crippen molar-refractivity contribution in [2.24, 2.45) is 4.99 Å².